The molecular weight excluding hydrogens is 493 g/mol. The minimum Gasteiger partial charge on any atom is -0.387 e. The molecule has 4 fully saturated rings. The Morgan fingerprint density at radius 3 is 2.56 bits per heavy atom. The van der Waals surface area contributed by atoms with Gasteiger partial charge in [-0.05, 0) is 111 Å². The van der Waals surface area contributed by atoms with Crippen LogP contribution in [0.2, 0.25) is 0 Å². The molecule has 0 radical (unpaired) electrons. The van der Waals surface area contributed by atoms with Crippen LogP contribution in [0.1, 0.15) is 76.0 Å². The van der Waals surface area contributed by atoms with E-state index in [4.69, 9.17) is 4.74 Å². The van der Waals surface area contributed by atoms with Gasteiger partial charge >= 0.3 is 0 Å². The summed E-state index contributed by atoms with van der Waals surface area (Å²) in [4.78, 5) is 26.5. The molecule has 6 rings (SSSR count). The van der Waals surface area contributed by atoms with Gasteiger partial charge in [0.15, 0.2) is 11.6 Å². The molecule has 0 aromatic carbocycles. The van der Waals surface area contributed by atoms with Crippen LogP contribution < -0.4 is 0 Å². The number of hydrogen-bond donors (Lipinski definition) is 1. The van der Waals surface area contributed by atoms with Crippen LogP contribution in [0.15, 0.2) is 24.5 Å². The zero-order valence-electron chi connectivity index (χ0n) is 23.5. The second-order valence-electron chi connectivity index (χ2n) is 13.3. The van der Waals surface area contributed by atoms with Crippen molar-refractivity contribution in [2.24, 2.45) is 40.9 Å². The Bertz CT molecular complexity index is 1220. The summed E-state index contributed by atoms with van der Waals surface area (Å²) in [7, 11) is 1.69. The molecule has 8 atom stereocenters. The van der Waals surface area contributed by atoms with Crippen molar-refractivity contribution in [2.45, 2.75) is 83.7 Å². The van der Waals surface area contributed by atoms with E-state index < -0.39 is 11.4 Å². The fourth-order valence-electron chi connectivity index (χ4n) is 9.55. The van der Waals surface area contributed by atoms with E-state index in [9.17, 15) is 14.3 Å². The molecule has 2 heterocycles. The third kappa shape index (κ3) is 4.84. The minimum atomic E-state index is -0.645. The molecule has 0 spiro atoms. The van der Waals surface area contributed by atoms with Gasteiger partial charge in [-0.1, -0.05) is 13.0 Å². The zero-order valence-corrected chi connectivity index (χ0v) is 23.5. The number of carbonyl (C=O) groups excluding carboxylic acids is 1. The minimum absolute atomic E-state index is 0.0831. The number of Topliss-reactive ketones (excluding diaryl/α,β-unsaturated/α-hetero) is 1. The largest absolute Gasteiger partial charge is 0.387 e. The predicted octanol–water partition coefficient (Wildman–Crippen LogP) is 5.74. The van der Waals surface area contributed by atoms with Crippen molar-refractivity contribution in [2.75, 3.05) is 13.7 Å². The number of fused-ring (bicyclic) bond motifs is 5. The second kappa shape index (κ2) is 10.3. The molecule has 4 saturated carbocycles. The first kappa shape index (κ1) is 26.9. The molecule has 6 nitrogen and oxygen atoms in total. The average molecular weight is 536 g/mol. The molecule has 4 aliphatic carbocycles. The highest BCUT2D eigenvalue weighted by atomic mass is 19.1. The molecular formula is C32H42FN3O3. The van der Waals surface area contributed by atoms with E-state index in [1.807, 2.05) is 19.1 Å². The molecule has 7 heteroatoms. The van der Waals surface area contributed by atoms with Crippen LogP contribution in [0.4, 0.5) is 4.39 Å². The number of ketones is 1. The summed E-state index contributed by atoms with van der Waals surface area (Å²) in [6.45, 7) is 4.79. The van der Waals surface area contributed by atoms with Crippen LogP contribution in [-0.2, 0) is 16.0 Å². The fraction of sp³-hybridized carbons (Fsp3) is 0.688. The van der Waals surface area contributed by atoms with Crippen LogP contribution >= 0.6 is 0 Å². The van der Waals surface area contributed by atoms with Gasteiger partial charge in [0, 0.05) is 25.1 Å². The number of rotatable bonds is 6. The van der Waals surface area contributed by atoms with Gasteiger partial charge in [0.25, 0.3) is 0 Å². The Morgan fingerprint density at radius 1 is 1.05 bits per heavy atom. The molecule has 0 amide bonds. The van der Waals surface area contributed by atoms with Crippen molar-refractivity contribution in [1.82, 2.24) is 15.0 Å². The van der Waals surface area contributed by atoms with Gasteiger partial charge in [0.1, 0.15) is 11.5 Å². The van der Waals surface area contributed by atoms with E-state index in [0.29, 0.717) is 42.2 Å². The standard InChI is InChI=1S/C32H42FN3O3/c1-19-20(5-9-28(36-19)30-34-16-22(33)17-35-30)14-29(37)27-8-7-26-25-6-4-21-15-32(38,18-39-3)13-11-23(21)24(25)10-12-31(26,27)2/h5,9,16-17,21,23-27,38H,4,6-8,10-15,18H2,1-3H3/t21-,23+,24-,25-,26+,27-,31+,32-/m1/s1. The summed E-state index contributed by atoms with van der Waals surface area (Å²) < 4.78 is 18.6. The van der Waals surface area contributed by atoms with Gasteiger partial charge in [-0.2, -0.15) is 0 Å². The van der Waals surface area contributed by atoms with Gasteiger partial charge in [-0.15, -0.1) is 0 Å². The number of carbonyl (C=O) groups is 1. The zero-order chi connectivity index (χ0) is 27.4. The van der Waals surface area contributed by atoms with Crippen molar-refractivity contribution in [3.05, 3.63) is 41.6 Å². The Morgan fingerprint density at radius 2 is 1.82 bits per heavy atom. The molecule has 0 unspecified atom stereocenters. The number of hydrogen-bond acceptors (Lipinski definition) is 6. The number of aryl methyl sites for hydroxylation is 1. The maximum Gasteiger partial charge on any atom is 0.178 e. The molecule has 1 N–H and O–H groups in total. The van der Waals surface area contributed by atoms with Crippen molar-refractivity contribution in [1.29, 1.82) is 0 Å². The Hall–Kier alpha value is -2.25. The highest BCUT2D eigenvalue weighted by molar-refractivity contribution is 5.84. The van der Waals surface area contributed by atoms with Crippen LogP contribution in [0.5, 0.6) is 0 Å². The van der Waals surface area contributed by atoms with E-state index in [1.165, 1.54) is 19.3 Å². The highest BCUT2D eigenvalue weighted by Gasteiger charge is 2.58. The first-order valence-corrected chi connectivity index (χ1v) is 14.9. The number of ether oxygens (including phenoxy) is 1. The fourth-order valence-corrected chi connectivity index (χ4v) is 9.55. The van der Waals surface area contributed by atoms with E-state index in [1.54, 1.807) is 7.11 Å². The molecule has 2 aromatic rings. The lowest BCUT2D eigenvalue weighted by molar-refractivity contribution is -0.135. The third-order valence-electron chi connectivity index (χ3n) is 11.3. The monoisotopic (exact) mass is 535 g/mol. The first-order valence-electron chi connectivity index (χ1n) is 14.9. The SMILES string of the molecule is COC[C@@]1(O)CC[C@H]2[C@H](CC[C@@H]3[C@@H]2CC[C@]2(C)[C@@H](C(=O)Cc4ccc(-c5ncc(F)cn5)nc4C)CC[C@@H]32)C1. The summed E-state index contributed by atoms with van der Waals surface area (Å²) in [5.41, 5.74) is 1.79. The maximum absolute atomic E-state index is 13.8. The summed E-state index contributed by atoms with van der Waals surface area (Å²) in [5.74, 6) is 3.80. The topological polar surface area (TPSA) is 85.2 Å². The summed E-state index contributed by atoms with van der Waals surface area (Å²) in [5, 5.41) is 11.0. The number of methoxy groups -OCH3 is 1. The third-order valence-corrected chi connectivity index (χ3v) is 11.3. The summed E-state index contributed by atoms with van der Waals surface area (Å²) >= 11 is 0. The van der Waals surface area contributed by atoms with E-state index in [2.05, 4.69) is 21.9 Å². The van der Waals surface area contributed by atoms with Crippen LogP contribution in [-0.4, -0.2) is 45.2 Å². The van der Waals surface area contributed by atoms with Gasteiger partial charge in [-0.3, -0.25) is 4.79 Å². The maximum atomic E-state index is 13.8. The molecule has 0 bridgehead atoms. The van der Waals surface area contributed by atoms with Crippen molar-refractivity contribution < 1.29 is 19.0 Å². The van der Waals surface area contributed by atoms with Gasteiger partial charge in [0.2, 0.25) is 0 Å². The summed E-state index contributed by atoms with van der Waals surface area (Å²) in [6, 6.07) is 3.80. The molecule has 0 aliphatic heterocycles. The normalized spacial score (nSPS) is 37.6. The summed E-state index contributed by atoms with van der Waals surface area (Å²) in [6.07, 6.45) is 12.5. The predicted molar refractivity (Wildman–Crippen MR) is 146 cm³/mol. The number of aliphatic hydroxyl groups is 1. The van der Waals surface area contributed by atoms with Crippen molar-refractivity contribution in [3.8, 4) is 11.5 Å². The Kier molecular flexibility index (Phi) is 7.11. The van der Waals surface area contributed by atoms with E-state index >= 15 is 0 Å². The van der Waals surface area contributed by atoms with Gasteiger partial charge in [-0.25, -0.2) is 19.3 Å². The molecule has 2 aromatic heterocycles. The van der Waals surface area contributed by atoms with E-state index in [-0.39, 0.29) is 11.3 Å². The van der Waals surface area contributed by atoms with Gasteiger partial charge in [0.05, 0.1) is 24.6 Å². The van der Waals surface area contributed by atoms with Crippen molar-refractivity contribution >= 4 is 5.78 Å². The Labute approximate surface area is 231 Å². The average Bonchev–Trinajstić information content (AvgIpc) is 3.27. The van der Waals surface area contributed by atoms with Crippen molar-refractivity contribution in [3.63, 3.8) is 0 Å². The van der Waals surface area contributed by atoms with Crippen LogP contribution in [0.25, 0.3) is 11.5 Å². The van der Waals surface area contributed by atoms with E-state index in [0.717, 1.165) is 79.9 Å². The number of aromatic nitrogens is 3. The van der Waals surface area contributed by atoms with Gasteiger partial charge < -0.3 is 9.84 Å². The second-order valence-corrected chi connectivity index (χ2v) is 13.3. The number of halogens is 1. The lowest BCUT2D eigenvalue weighted by Gasteiger charge is -2.57. The first-order chi connectivity index (χ1) is 18.7. The molecule has 210 valence electrons. The Balaban J connectivity index is 1.13. The number of pyridine rings is 1. The highest BCUT2D eigenvalue weighted by Crippen LogP contribution is 2.64. The lowest BCUT2D eigenvalue weighted by atomic mass is 9.49. The number of nitrogens with zero attached hydrogens (tertiary/aromatic N) is 3. The molecule has 4 aliphatic rings. The lowest BCUT2D eigenvalue weighted by Crippen LogP contribution is -2.52. The molecule has 0 saturated heterocycles. The smallest absolute Gasteiger partial charge is 0.178 e. The van der Waals surface area contributed by atoms with Crippen LogP contribution in [0, 0.1) is 53.7 Å². The quantitative estimate of drug-likeness (QED) is 0.507. The molecule has 39 heavy (non-hydrogen) atoms. The van der Waals surface area contributed by atoms with Crippen LogP contribution in [0.3, 0.4) is 0 Å².